The molecular weight excluding hydrogens is 354 g/mol. The minimum absolute atomic E-state index is 0.129. The standard InChI is InChI=1S/C24H41NO.C3H8/c1-4-5-8-16(2)18-10-11-20-19(18)12-14-24(25)22(20)21(26)15-17-9-6-7-13-23(17,24)3;1-3-2/h4,16-22,26H,1,5-15,25H2,2-3H3;3H2,1-2H3. The average molecular weight is 404 g/mol. The molecule has 4 aliphatic carbocycles. The molecule has 0 saturated heterocycles. The Morgan fingerprint density at radius 2 is 1.83 bits per heavy atom. The van der Waals surface area contributed by atoms with Crippen molar-refractivity contribution in [1.82, 2.24) is 0 Å². The second-order valence-electron chi connectivity index (χ2n) is 11.4. The molecule has 0 radical (unpaired) electrons. The largest absolute Gasteiger partial charge is 0.393 e. The first kappa shape index (κ1) is 23.3. The number of nitrogens with two attached hydrogens (primary N) is 1. The second-order valence-corrected chi connectivity index (χ2v) is 11.4. The molecule has 0 bridgehead atoms. The highest BCUT2D eigenvalue weighted by molar-refractivity contribution is 5.18. The Labute approximate surface area is 181 Å². The van der Waals surface area contributed by atoms with E-state index in [1.54, 1.807) is 0 Å². The summed E-state index contributed by atoms with van der Waals surface area (Å²) in [6.07, 6.45) is 16.9. The first-order valence-corrected chi connectivity index (χ1v) is 12.9. The van der Waals surface area contributed by atoms with E-state index >= 15 is 0 Å². The van der Waals surface area contributed by atoms with Gasteiger partial charge in [-0.3, -0.25) is 0 Å². The summed E-state index contributed by atoms with van der Waals surface area (Å²) in [5.74, 6) is 4.08. The van der Waals surface area contributed by atoms with E-state index in [0.717, 1.165) is 37.0 Å². The molecule has 0 aromatic rings. The van der Waals surface area contributed by atoms with Crippen molar-refractivity contribution in [3.05, 3.63) is 12.7 Å². The van der Waals surface area contributed by atoms with Crippen LogP contribution in [0.15, 0.2) is 12.7 Å². The molecule has 9 atom stereocenters. The summed E-state index contributed by atoms with van der Waals surface area (Å²) in [5, 5.41) is 11.2. The van der Waals surface area contributed by atoms with Crippen molar-refractivity contribution in [3.63, 3.8) is 0 Å². The lowest BCUT2D eigenvalue weighted by Crippen LogP contribution is -2.71. The van der Waals surface area contributed by atoms with Gasteiger partial charge >= 0.3 is 0 Å². The zero-order valence-electron chi connectivity index (χ0n) is 19.8. The maximum Gasteiger partial charge on any atom is 0.0591 e. The Hall–Kier alpha value is -0.340. The Bertz CT molecular complexity index is 547. The Morgan fingerprint density at radius 1 is 1.10 bits per heavy atom. The predicted octanol–water partition coefficient (Wildman–Crippen LogP) is 6.72. The summed E-state index contributed by atoms with van der Waals surface area (Å²) >= 11 is 0. The number of rotatable bonds is 4. The molecule has 29 heavy (non-hydrogen) atoms. The van der Waals surface area contributed by atoms with E-state index in [1.165, 1.54) is 57.8 Å². The Balaban J connectivity index is 0.000000755. The Morgan fingerprint density at radius 3 is 2.52 bits per heavy atom. The van der Waals surface area contributed by atoms with Crippen LogP contribution in [0.25, 0.3) is 0 Å². The first-order chi connectivity index (χ1) is 13.8. The highest BCUT2D eigenvalue weighted by atomic mass is 16.3. The highest BCUT2D eigenvalue weighted by Gasteiger charge is 2.65. The van der Waals surface area contributed by atoms with Gasteiger partial charge in [-0.1, -0.05) is 53.0 Å². The third-order valence-electron chi connectivity index (χ3n) is 9.84. The molecule has 0 aromatic carbocycles. The van der Waals surface area contributed by atoms with Gasteiger partial charge < -0.3 is 10.8 Å². The average Bonchev–Trinajstić information content (AvgIpc) is 3.11. The minimum atomic E-state index is -0.161. The van der Waals surface area contributed by atoms with Crippen molar-refractivity contribution >= 4 is 0 Å². The number of fused-ring (bicyclic) bond motifs is 5. The van der Waals surface area contributed by atoms with Gasteiger partial charge in [0.2, 0.25) is 0 Å². The van der Waals surface area contributed by atoms with Gasteiger partial charge in [0, 0.05) is 11.5 Å². The van der Waals surface area contributed by atoms with Crippen molar-refractivity contribution in [2.45, 2.75) is 116 Å². The SMILES string of the molecule is C=CCCC(C)C1CCC2C1CCC1(N)C2C(O)CC2CCCCC21C.CCC. The monoisotopic (exact) mass is 403 g/mol. The van der Waals surface area contributed by atoms with Crippen LogP contribution in [0.1, 0.15) is 105 Å². The van der Waals surface area contributed by atoms with Gasteiger partial charge in [-0.05, 0) is 92.8 Å². The topological polar surface area (TPSA) is 46.2 Å². The van der Waals surface area contributed by atoms with Crippen LogP contribution < -0.4 is 5.73 Å². The van der Waals surface area contributed by atoms with Gasteiger partial charge in [0.1, 0.15) is 0 Å². The number of hydrogen-bond acceptors (Lipinski definition) is 2. The zero-order chi connectivity index (χ0) is 21.2. The predicted molar refractivity (Wildman–Crippen MR) is 125 cm³/mol. The van der Waals surface area contributed by atoms with Gasteiger partial charge in [-0.25, -0.2) is 0 Å². The molecule has 4 rings (SSSR count). The lowest BCUT2D eigenvalue weighted by atomic mass is 9.42. The van der Waals surface area contributed by atoms with Crippen LogP contribution in [0.2, 0.25) is 0 Å². The van der Waals surface area contributed by atoms with E-state index < -0.39 is 0 Å². The molecule has 0 amide bonds. The van der Waals surface area contributed by atoms with Crippen LogP contribution in [-0.2, 0) is 0 Å². The molecule has 168 valence electrons. The molecular formula is C27H49NO. The van der Waals surface area contributed by atoms with Crippen LogP contribution in [-0.4, -0.2) is 16.7 Å². The fourth-order valence-electron chi connectivity index (χ4n) is 8.39. The van der Waals surface area contributed by atoms with Crippen LogP contribution in [0.5, 0.6) is 0 Å². The normalized spacial score (nSPS) is 47.1. The molecule has 2 heteroatoms. The fraction of sp³-hybridized carbons (Fsp3) is 0.926. The van der Waals surface area contributed by atoms with Crippen molar-refractivity contribution < 1.29 is 5.11 Å². The van der Waals surface area contributed by atoms with Crippen LogP contribution in [0.3, 0.4) is 0 Å². The van der Waals surface area contributed by atoms with E-state index in [9.17, 15) is 5.11 Å². The summed E-state index contributed by atoms with van der Waals surface area (Å²) in [5.41, 5.74) is 7.46. The van der Waals surface area contributed by atoms with Crippen molar-refractivity contribution in [2.24, 2.45) is 46.7 Å². The number of hydrogen-bond donors (Lipinski definition) is 2. The zero-order valence-corrected chi connectivity index (χ0v) is 19.8. The molecule has 4 saturated carbocycles. The molecule has 0 heterocycles. The van der Waals surface area contributed by atoms with Crippen molar-refractivity contribution in [2.75, 3.05) is 0 Å². The molecule has 9 unspecified atom stereocenters. The van der Waals surface area contributed by atoms with E-state index in [0.29, 0.717) is 17.8 Å². The summed E-state index contributed by atoms with van der Waals surface area (Å²) in [4.78, 5) is 0. The maximum absolute atomic E-state index is 11.2. The first-order valence-electron chi connectivity index (χ1n) is 12.9. The van der Waals surface area contributed by atoms with Gasteiger partial charge in [0.05, 0.1) is 6.10 Å². The maximum atomic E-state index is 11.2. The molecule has 2 nitrogen and oxygen atoms in total. The van der Waals surface area contributed by atoms with Crippen LogP contribution >= 0.6 is 0 Å². The van der Waals surface area contributed by atoms with E-state index in [1.807, 2.05) is 0 Å². The van der Waals surface area contributed by atoms with Crippen LogP contribution in [0.4, 0.5) is 0 Å². The lowest BCUT2D eigenvalue weighted by Gasteiger charge is -2.65. The molecule has 4 aliphatic rings. The molecule has 0 aromatic heterocycles. The summed E-state index contributed by atoms with van der Waals surface area (Å²) in [7, 11) is 0. The van der Waals surface area contributed by atoms with E-state index in [2.05, 4.69) is 40.3 Å². The second kappa shape index (κ2) is 9.43. The van der Waals surface area contributed by atoms with Crippen molar-refractivity contribution in [1.29, 1.82) is 0 Å². The molecule has 0 aliphatic heterocycles. The number of aliphatic hydroxyl groups excluding tert-OH is 1. The smallest absolute Gasteiger partial charge is 0.0591 e. The van der Waals surface area contributed by atoms with Gasteiger partial charge in [-0.15, -0.1) is 6.58 Å². The Kier molecular flexibility index (Phi) is 7.58. The summed E-state index contributed by atoms with van der Waals surface area (Å²) in [6.45, 7) is 13.1. The molecule has 4 fully saturated rings. The number of aliphatic hydroxyl groups is 1. The van der Waals surface area contributed by atoms with Gasteiger partial charge in [0.25, 0.3) is 0 Å². The fourth-order valence-corrected chi connectivity index (χ4v) is 8.39. The number of allylic oxidation sites excluding steroid dienone is 1. The summed E-state index contributed by atoms with van der Waals surface area (Å²) < 4.78 is 0. The summed E-state index contributed by atoms with van der Waals surface area (Å²) in [6, 6.07) is 0. The minimum Gasteiger partial charge on any atom is -0.393 e. The third-order valence-corrected chi connectivity index (χ3v) is 9.84. The van der Waals surface area contributed by atoms with Gasteiger partial charge in [0.15, 0.2) is 0 Å². The van der Waals surface area contributed by atoms with E-state index in [4.69, 9.17) is 5.73 Å². The molecule has 3 N–H and O–H groups in total. The van der Waals surface area contributed by atoms with Gasteiger partial charge in [-0.2, -0.15) is 0 Å². The quantitative estimate of drug-likeness (QED) is 0.512. The molecule has 0 spiro atoms. The highest BCUT2D eigenvalue weighted by Crippen LogP contribution is 2.65. The van der Waals surface area contributed by atoms with Crippen molar-refractivity contribution in [3.8, 4) is 0 Å². The van der Waals surface area contributed by atoms with E-state index in [-0.39, 0.29) is 17.1 Å². The lowest BCUT2D eigenvalue weighted by molar-refractivity contribution is -0.161. The van der Waals surface area contributed by atoms with Crippen LogP contribution in [0, 0.1) is 40.9 Å². The third kappa shape index (κ3) is 3.98.